The Kier molecular flexibility index (Phi) is 1.93. The molecule has 1 N–H and O–H groups in total. The summed E-state index contributed by atoms with van der Waals surface area (Å²) in [5.41, 5.74) is 3.64. The lowest BCUT2D eigenvalue weighted by molar-refractivity contribution is 1.21. The Morgan fingerprint density at radius 1 is 1.31 bits per heavy atom. The molecule has 0 amide bonds. The second-order valence-corrected chi connectivity index (χ2v) is 3.67. The molecule has 78 valence electrons. The number of benzene rings is 1. The van der Waals surface area contributed by atoms with E-state index in [-0.39, 0.29) is 5.56 Å². The average Bonchev–Trinajstić information content (AvgIpc) is 2.50. The maximum atomic E-state index is 11.2. The van der Waals surface area contributed by atoms with E-state index in [9.17, 15) is 4.79 Å². The molecule has 0 radical (unpaired) electrons. The Hall–Kier alpha value is -2.23. The summed E-state index contributed by atoms with van der Waals surface area (Å²) in [6.07, 6.45) is 7.64. The number of rotatable bonds is 0. The summed E-state index contributed by atoms with van der Waals surface area (Å²) < 4.78 is 0. The van der Waals surface area contributed by atoms with Crippen LogP contribution in [0.4, 0.5) is 0 Å². The van der Waals surface area contributed by atoms with Gasteiger partial charge in [0.15, 0.2) is 0 Å². The molecule has 3 rings (SSSR count). The smallest absolute Gasteiger partial charge is 0.266 e. The Labute approximate surface area is 91.4 Å². The van der Waals surface area contributed by atoms with Gasteiger partial charge >= 0.3 is 0 Å². The summed E-state index contributed by atoms with van der Waals surface area (Å²) in [6, 6.07) is 3.92. The summed E-state index contributed by atoms with van der Waals surface area (Å²) in [7, 11) is 0. The molecule has 0 spiro atoms. The number of aromatic amines is 1. The lowest BCUT2D eigenvalue weighted by Gasteiger charge is -2.04. The molecule has 2 heterocycles. The molecule has 4 heteroatoms. The Balaban J connectivity index is 2.33. The second kappa shape index (κ2) is 3.41. The van der Waals surface area contributed by atoms with Crippen LogP contribution < -0.4 is 5.56 Å². The van der Waals surface area contributed by atoms with Gasteiger partial charge in [0, 0.05) is 18.8 Å². The fourth-order valence-corrected chi connectivity index (χ4v) is 1.82. The SMILES string of the molecule is O=c1cnc2cc3c(cc2[nH]1)C=CN=CC3. The van der Waals surface area contributed by atoms with Crippen molar-refractivity contribution in [2.24, 2.45) is 4.99 Å². The number of aliphatic imine (C=N–C) groups is 1. The van der Waals surface area contributed by atoms with Gasteiger partial charge in [-0.1, -0.05) is 0 Å². The maximum absolute atomic E-state index is 11.2. The van der Waals surface area contributed by atoms with E-state index >= 15 is 0 Å². The van der Waals surface area contributed by atoms with Crippen molar-refractivity contribution in [1.29, 1.82) is 0 Å². The van der Waals surface area contributed by atoms with E-state index in [1.54, 1.807) is 6.20 Å². The van der Waals surface area contributed by atoms with Crippen LogP contribution in [0, 0.1) is 0 Å². The lowest BCUT2D eigenvalue weighted by Crippen LogP contribution is -2.05. The molecule has 0 unspecified atom stereocenters. The van der Waals surface area contributed by atoms with Crippen molar-refractivity contribution in [3.8, 4) is 0 Å². The maximum Gasteiger partial charge on any atom is 0.266 e. The number of aromatic nitrogens is 2. The van der Waals surface area contributed by atoms with Gasteiger partial charge in [-0.25, -0.2) is 4.98 Å². The molecule has 0 bridgehead atoms. The zero-order valence-corrected chi connectivity index (χ0v) is 8.47. The number of hydrogen-bond donors (Lipinski definition) is 1. The molecule has 0 saturated carbocycles. The van der Waals surface area contributed by atoms with Crippen LogP contribution in [0.5, 0.6) is 0 Å². The van der Waals surface area contributed by atoms with E-state index in [1.165, 1.54) is 11.8 Å². The number of hydrogen-bond acceptors (Lipinski definition) is 3. The minimum Gasteiger partial charge on any atom is -0.319 e. The third kappa shape index (κ3) is 1.44. The summed E-state index contributed by atoms with van der Waals surface area (Å²) >= 11 is 0. The molecule has 1 aromatic heterocycles. The number of nitrogens with one attached hydrogen (secondary N) is 1. The first-order chi connectivity index (χ1) is 7.83. The topological polar surface area (TPSA) is 58.1 Å². The molecule has 0 aliphatic carbocycles. The first kappa shape index (κ1) is 9.03. The third-order valence-corrected chi connectivity index (χ3v) is 2.59. The first-order valence-corrected chi connectivity index (χ1v) is 5.03. The van der Waals surface area contributed by atoms with Gasteiger partial charge in [-0.3, -0.25) is 9.79 Å². The van der Waals surface area contributed by atoms with Crippen LogP contribution in [0.3, 0.4) is 0 Å². The molecule has 0 saturated heterocycles. The largest absolute Gasteiger partial charge is 0.319 e. The first-order valence-electron chi connectivity index (χ1n) is 5.03. The van der Waals surface area contributed by atoms with Gasteiger partial charge in [0.2, 0.25) is 0 Å². The van der Waals surface area contributed by atoms with Crippen molar-refractivity contribution in [1.82, 2.24) is 9.97 Å². The van der Waals surface area contributed by atoms with Gasteiger partial charge in [-0.2, -0.15) is 0 Å². The fourth-order valence-electron chi connectivity index (χ4n) is 1.82. The molecule has 1 aromatic carbocycles. The second-order valence-electron chi connectivity index (χ2n) is 3.67. The van der Waals surface area contributed by atoms with E-state index in [0.717, 1.165) is 23.0 Å². The summed E-state index contributed by atoms with van der Waals surface area (Å²) in [5, 5.41) is 0. The van der Waals surface area contributed by atoms with Gasteiger partial charge in [-0.15, -0.1) is 0 Å². The monoisotopic (exact) mass is 211 g/mol. The number of fused-ring (bicyclic) bond motifs is 2. The highest BCUT2D eigenvalue weighted by atomic mass is 16.1. The molecule has 0 atom stereocenters. The summed E-state index contributed by atoms with van der Waals surface area (Å²) in [6.45, 7) is 0. The predicted molar refractivity (Wildman–Crippen MR) is 63.6 cm³/mol. The van der Waals surface area contributed by atoms with Crippen molar-refractivity contribution in [2.45, 2.75) is 6.42 Å². The Morgan fingerprint density at radius 3 is 3.19 bits per heavy atom. The molecule has 4 nitrogen and oxygen atoms in total. The van der Waals surface area contributed by atoms with Gasteiger partial charge in [0.1, 0.15) is 0 Å². The minimum absolute atomic E-state index is 0.179. The van der Waals surface area contributed by atoms with Gasteiger partial charge < -0.3 is 4.98 Å². The summed E-state index contributed by atoms with van der Waals surface area (Å²) in [4.78, 5) is 22.1. The lowest BCUT2D eigenvalue weighted by atomic mass is 10.0. The van der Waals surface area contributed by atoms with Crippen molar-refractivity contribution < 1.29 is 0 Å². The normalized spacial score (nSPS) is 13.8. The van der Waals surface area contributed by atoms with Crippen LogP contribution in [-0.4, -0.2) is 16.2 Å². The fraction of sp³-hybridized carbons (Fsp3) is 0.0833. The third-order valence-electron chi connectivity index (χ3n) is 2.59. The van der Waals surface area contributed by atoms with Crippen molar-refractivity contribution >= 4 is 23.3 Å². The standard InChI is InChI=1S/C12H9N3O/c16-12-7-14-10-5-8-1-3-13-4-2-9(8)6-11(10)15-12/h2-7H,1H2,(H,15,16). The molecular formula is C12H9N3O. The van der Waals surface area contributed by atoms with E-state index < -0.39 is 0 Å². The van der Waals surface area contributed by atoms with Crippen LogP contribution in [-0.2, 0) is 6.42 Å². The van der Waals surface area contributed by atoms with Gasteiger partial charge in [-0.05, 0) is 29.3 Å². The molecule has 0 fully saturated rings. The van der Waals surface area contributed by atoms with Crippen molar-refractivity contribution in [2.75, 3.05) is 0 Å². The van der Waals surface area contributed by atoms with Crippen LogP contribution >= 0.6 is 0 Å². The molecule has 16 heavy (non-hydrogen) atoms. The average molecular weight is 211 g/mol. The highest BCUT2D eigenvalue weighted by Crippen LogP contribution is 2.19. The van der Waals surface area contributed by atoms with E-state index in [2.05, 4.69) is 15.0 Å². The Bertz CT molecular complexity index is 668. The van der Waals surface area contributed by atoms with Crippen molar-refractivity contribution in [3.63, 3.8) is 0 Å². The molecular weight excluding hydrogens is 202 g/mol. The van der Waals surface area contributed by atoms with Crippen molar-refractivity contribution in [3.05, 3.63) is 46.0 Å². The zero-order chi connectivity index (χ0) is 11.0. The van der Waals surface area contributed by atoms with Crippen LogP contribution in [0.15, 0.2) is 34.3 Å². The number of H-pyrrole nitrogens is 1. The van der Waals surface area contributed by atoms with Crippen LogP contribution in [0.2, 0.25) is 0 Å². The van der Waals surface area contributed by atoms with Crippen LogP contribution in [0.25, 0.3) is 17.1 Å². The quantitative estimate of drug-likeness (QED) is 0.718. The van der Waals surface area contributed by atoms with Crippen LogP contribution in [0.1, 0.15) is 11.1 Å². The van der Waals surface area contributed by atoms with Gasteiger partial charge in [0.05, 0.1) is 17.2 Å². The minimum atomic E-state index is -0.179. The highest BCUT2D eigenvalue weighted by molar-refractivity contribution is 5.81. The number of nitrogens with zero attached hydrogens (tertiary/aromatic N) is 2. The predicted octanol–water partition coefficient (Wildman–Crippen LogP) is 1.52. The van der Waals surface area contributed by atoms with E-state index in [0.29, 0.717) is 0 Å². The highest BCUT2D eigenvalue weighted by Gasteiger charge is 2.05. The summed E-state index contributed by atoms with van der Waals surface area (Å²) in [5.74, 6) is 0. The molecule has 1 aliphatic rings. The molecule has 1 aliphatic heterocycles. The van der Waals surface area contributed by atoms with E-state index in [4.69, 9.17) is 0 Å². The zero-order valence-electron chi connectivity index (χ0n) is 8.47. The van der Waals surface area contributed by atoms with E-state index in [1.807, 2.05) is 24.4 Å². The molecule has 2 aromatic rings. The van der Waals surface area contributed by atoms with Gasteiger partial charge in [0.25, 0.3) is 5.56 Å². The Morgan fingerprint density at radius 2 is 2.25 bits per heavy atom.